The second-order valence-electron chi connectivity index (χ2n) is 5.36. The molecule has 0 radical (unpaired) electrons. The van der Waals surface area contributed by atoms with Crippen LogP contribution in [0.5, 0.6) is 0 Å². The Labute approximate surface area is 142 Å². The second-order valence-corrected chi connectivity index (χ2v) is 6.35. The summed E-state index contributed by atoms with van der Waals surface area (Å²) >= 11 is 1.29. The van der Waals surface area contributed by atoms with E-state index in [4.69, 9.17) is 5.11 Å². The number of hydrogen-bond donors (Lipinski definition) is 2. The molecule has 0 aromatic heterocycles. The van der Waals surface area contributed by atoms with Gasteiger partial charge in [-0.15, -0.1) is 11.8 Å². The van der Waals surface area contributed by atoms with Gasteiger partial charge in [-0.1, -0.05) is 31.0 Å². The van der Waals surface area contributed by atoms with Gasteiger partial charge in [0.25, 0.3) is 0 Å². The molecule has 1 aromatic rings. The number of nitrogens with one attached hydrogen (secondary N) is 1. The van der Waals surface area contributed by atoms with Gasteiger partial charge in [-0.25, -0.2) is 0 Å². The van der Waals surface area contributed by atoms with Gasteiger partial charge in [-0.2, -0.15) is 0 Å². The molecule has 23 heavy (non-hydrogen) atoms. The first-order valence-electron chi connectivity index (χ1n) is 7.89. The summed E-state index contributed by atoms with van der Waals surface area (Å²) < 4.78 is 0. The van der Waals surface area contributed by atoms with E-state index >= 15 is 0 Å². The molecule has 128 valence electrons. The summed E-state index contributed by atoms with van der Waals surface area (Å²) in [6.07, 6.45) is 1.92. The summed E-state index contributed by atoms with van der Waals surface area (Å²) in [4.78, 5) is 25.6. The molecule has 0 saturated heterocycles. The van der Waals surface area contributed by atoms with Crippen molar-refractivity contribution in [3.05, 3.63) is 29.8 Å². The molecule has 0 aliphatic carbocycles. The molecule has 6 heteroatoms. The number of aliphatic hydroxyl groups excluding tert-OH is 1. The van der Waals surface area contributed by atoms with Crippen LogP contribution in [0.3, 0.4) is 0 Å². The van der Waals surface area contributed by atoms with Crippen LogP contribution in [-0.2, 0) is 9.59 Å². The number of benzene rings is 1. The van der Waals surface area contributed by atoms with Crippen molar-refractivity contribution in [2.45, 2.75) is 26.7 Å². The first-order valence-corrected chi connectivity index (χ1v) is 9.05. The minimum absolute atomic E-state index is 0.0272. The van der Waals surface area contributed by atoms with Crippen LogP contribution in [0.2, 0.25) is 0 Å². The van der Waals surface area contributed by atoms with Crippen molar-refractivity contribution in [3.63, 3.8) is 0 Å². The van der Waals surface area contributed by atoms with E-state index in [2.05, 4.69) is 12.2 Å². The van der Waals surface area contributed by atoms with Crippen molar-refractivity contribution in [2.24, 2.45) is 0 Å². The summed E-state index contributed by atoms with van der Waals surface area (Å²) in [6, 6.07) is 7.59. The highest BCUT2D eigenvalue weighted by Gasteiger charge is 2.13. The first-order chi connectivity index (χ1) is 11.1. The molecule has 0 unspecified atom stereocenters. The summed E-state index contributed by atoms with van der Waals surface area (Å²) in [7, 11) is 0. The number of anilines is 1. The molecule has 1 aromatic carbocycles. The van der Waals surface area contributed by atoms with Crippen molar-refractivity contribution < 1.29 is 14.7 Å². The molecule has 0 atom stereocenters. The average Bonchev–Trinajstić information content (AvgIpc) is 2.53. The highest BCUT2D eigenvalue weighted by Crippen LogP contribution is 2.10. The summed E-state index contributed by atoms with van der Waals surface area (Å²) in [5, 5.41) is 11.8. The molecule has 0 heterocycles. The summed E-state index contributed by atoms with van der Waals surface area (Å²) in [6.45, 7) is 5.03. The Kier molecular flexibility index (Phi) is 9.40. The highest BCUT2D eigenvalue weighted by atomic mass is 32.2. The Morgan fingerprint density at radius 1 is 1.17 bits per heavy atom. The van der Waals surface area contributed by atoms with Crippen LogP contribution in [0.15, 0.2) is 24.3 Å². The van der Waals surface area contributed by atoms with E-state index in [9.17, 15) is 9.59 Å². The second kappa shape index (κ2) is 11.1. The van der Waals surface area contributed by atoms with Crippen LogP contribution in [-0.4, -0.2) is 53.0 Å². The van der Waals surface area contributed by atoms with Crippen molar-refractivity contribution >= 4 is 29.3 Å². The van der Waals surface area contributed by atoms with E-state index < -0.39 is 0 Å². The van der Waals surface area contributed by atoms with Gasteiger partial charge in [-0.3, -0.25) is 9.59 Å². The number of carbonyl (C=O) groups excluding carboxylic acids is 2. The zero-order chi connectivity index (χ0) is 17.1. The van der Waals surface area contributed by atoms with Crippen LogP contribution in [0, 0.1) is 6.92 Å². The van der Waals surface area contributed by atoms with Gasteiger partial charge in [0.05, 0.1) is 18.1 Å². The van der Waals surface area contributed by atoms with Crippen molar-refractivity contribution in [1.82, 2.24) is 4.90 Å². The summed E-state index contributed by atoms with van der Waals surface area (Å²) in [5.74, 6) is 0.348. The Morgan fingerprint density at radius 3 is 2.48 bits per heavy atom. The zero-order valence-electron chi connectivity index (χ0n) is 13.9. The largest absolute Gasteiger partial charge is 0.395 e. The predicted octanol–water partition coefficient (Wildman–Crippen LogP) is 2.29. The Hall–Kier alpha value is -1.53. The lowest BCUT2D eigenvalue weighted by molar-refractivity contribution is -0.128. The van der Waals surface area contributed by atoms with Gasteiger partial charge in [-0.05, 0) is 25.5 Å². The predicted molar refractivity (Wildman–Crippen MR) is 95.7 cm³/mol. The van der Waals surface area contributed by atoms with Crippen LogP contribution in [0.25, 0.3) is 0 Å². The Bertz CT molecular complexity index is 491. The van der Waals surface area contributed by atoms with Gasteiger partial charge in [0.15, 0.2) is 0 Å². The number of hydrogen-bond acceptors (Lipinski definition) is 4. The first kappa shape index (κ1) is 19.5. The molecule has 0 fully saturated rings. The molecule has 0 aliphatic heterocycles. The lowest BCUT2D eigenvalue weighted by Crippen LogP contribution is -2.36. The molecule has 0 saturated carbocycles. The van der Waals surface area contributed by atoms with E-state index in [0.717, 1.165) is 24.1 Å². The zero-order valence-corrected chi connectivity index (χ0v) is 14.7. The standard InChI is InChI=1S/C17H26N2O3S/c1-3-4-9-19(10-11-20)17(22)13-23-12-16(21)18-15-7-5-14(2)6-8-15/h5-8,20H,3-4,9-13H2,1-2H3,(H,18,21). The lowest BCUT2D eigenvalue weighted by atomic mass is 10.2. The molecule has 5 nitrogen and oxygen atoms in total. The van der Waals surface area contributed by atoms with E-state index in [1.165, 1.54) is 11.8 Å². The minimum atomic E-state index is -0.117. The number of aryl methyl sites for hydroxylation is 1. The molecule has 0 bridgehead atoms. The maximum absolute atomic E-state index is 12.1. The van der Waals surface area contributed by atoms with Crippen LogP contribution in [0.4, 0.5) is 5.69 Å². The van der Waals surface area contributed by atoms with Crippen molar-refractivity contribution in [1.29, 1.82) is 0 Å². The van der Waals surface area contributed by atoms with Crippen molar-refractivity contribution in [3.8, 4) is 0 Å². The smallest absolute Gasteiger partial charge is 0.234 e. The van der Waals surface area contributed by atoms with Gasteiger partial charge >= 0.3 is 0 Å². The number of amides is 2. The third-order valence-corrected chi connectivity index (χ3v) is 4.22. The fourth-order valence-electron chi connectivity index (χ4n) is 1.99. The lowest BCUT2D eigenvalue weighted by Gasteiger charge is -2.21. The Morgan fingerprint density at radius 2 is 1.87 bits per heavy atom. The van der Waals surface area contributed by atoms with E-state index in [1.807, 2.05) is 31.2 Å². The average molecular weight is 338 g/mol. The molecule has 2 amide bonds. The number of thioether (sulfide) groups is 1. The van der Waals surface area contributed by atoms with Crippen LogP contribution in [0.1, 0.15) is 25.3 Å². The molecule has 1 rings (SSSR count). The Balaban J connectivity index is 2.31. The topological polar surface area (TPSA) is 69.6 Å². The van der Waals surface area contributed by atoms with E-state index in [-0.39, 0.29) is 29.9 Å². The highest BCUT2D eigenvalue weighted by molar-refractivity contribution is 8.00. The van der Waals surface area contributed by atoms with Gasteiger partial charge in [0.2, 0.25) is 11.8 Å². The number of rotatable bonds is 10. The molecule has 2 N–H and O–H groups in total. The van der Waals surface area contributed by atoms with E-state index in [0.29, 0.717) is 13.1 Å². The number of carbonyl (C=O) groups is 2. The SMILES string of the molecule is CCCCN(CCO)C(=O)CSCC(=O)Nc1ccc(C)cc1. The quantitative estimate of drug-likeness (QED) is 0.687. The monoisotopic (exact) mass is 338 g/mol. The maximum atomic E-state index is 12.1. The van der Waals surface area contributed by atoms with Gasteiger partial charge in [0, 0.05) is 18.8 Å². The fraction of sp³-hybridized carbons (Fsp3) is 0.529. The van der Waals surface area contributed by atoms with Crippen molar-refractivity contribution in [2.75, 3.05) is 36.5 Å². The molecule has 0 aliphatic rings. The number of nitrogens with zero attached hydrogens (tertiary/aromatic N) is 1. The molecule has 0 spiro atoms. The third-order valence-electron chi connectivity index (χ3n) is 3.30. The van der Waals surface area contributed by atoms with Crippen LogP contribution < -0.4 is 5.32 Å². The van der Waals surface area contributed by atoms with Gasteiger partial charge < -0.3 is 15.3 Å². The maximum Gasteiger partial charge on any atom is 0.234 e. The number of unbranched alkanes of at least 4 members (excludes halogenated alkanes) is 1. The normalized spacial score (nSPS) is 10.4. The molecular formula is C17H26N2O3S. The van der Waals surface area contributed by atoms with E-state index in [1.54, 1.807) is 4.90 Å². The van der Waals surface area contributed by atoms with Crippen LogP contribution >= 0.6 is 11.8 Å². The molecular weight excluding hydrogens is 312 g/mol. The van der Waals surface area contributed by atoms with Gasteiger partial charge in [0.1, 0.15) is 0 Å². The number of aliphatic hydroxyl groups is 1. The third kappa shape index (κ3) is 8.04. The summed E-state index contributed by atoms with van der Waals surface area (Å²) in [5.41, 5.74) is 1.90. The fourth-order valence-corrected chi connectivity index (χ4v) is 2.70. The minimum Gasteiger partial charge on any atom is -0.395 e.